The molecule has 0 saturated carbocycles. The summed E-state index contributed by atoms with van der Waals surface area (Å²) in [6.45, 7) is 0. The first-order valence-electron chi connectivity index (χ1n) is 2.42. The van der Waals surface area contributed by atoms with E-state index in [0.29, 0.717) is 5.56 Å². The first-order valence-corrected chi connectivity index (χ1v) is 2.42. The van der Waals surface area contributed by atoms with E-state index in [4.69, 9.17) is 0 Å². The fourth-order valence-electron chi connectivity index (χ4n) is 0.479. The summed E-state index contributed by atoms with van der Waals surface area (Å²) in [6.07, 6.45) is 3.15. The van der Waals surface area contributed by atoms with Crippen molar-refractivity contribution in [2.75, 3.05) is 0 Å². The highest BCUT2D eigenvalue weighted by Crippen LogP contribution is 1.91. The van der Waals surface area contributed by atoms with Gasteiger partial charge in [0.25, 0.3) is 0 Å². The highest BCUT2D eigenvalue weighted by Gasteiger charge is 1.87. The van der Waals surface area contributed by atoms with Gasteiger partial charge >= 0.3 is 6.07 Å². The van der Waals surface area contributed by atoms with Gasteiger partial charge in [-0.15, -0.1) is 0 Å². The van der Waals surface area contributed by atoms with E-state index in [0.717, 1.165) is 0 Å². The van der Waals surface area contributed by atoms with Gasteiger partial charge in [-0.25, -0.2) is 0 Å². The van der Waals surface area contributed by atoms with E-state index in [2.05, 4.69) is 16.1 Å². The van der Waals surface area contributed by atoms with Crippen molar-refractivity contribution in [2.24, 2.45) is 0 Å². The van der Waals surface area contributed by atoms with Crippen LogP contribution in [-0.4, -0.2) is 4.98 Å². The lowest BCUT2D eigenvalue weighted by Crippen LogP contribution is -1.71. The molecule has 0 fully saturated rings. The Morgan fingerprint density at radius 1 is 1.44 bits per heavy atom. The van der Waals surface area contributed by atoms with E-state index in [1.54, 1.807) is 24.5 Å². The molecule has 44 valence electrons. The fraction of sp³-hybridized carbons (Fsp3) is 0. The second-order valence-corrected chi connectivity index (χ2v) is 1.44. The van der Waals surface area contributed by atoms with Crippen LogP contribution in [0.1, 0.15) is 5.56 Å². The van der Waals surface area contributed by atoms with Gasteiger partial charge in [0.1, 0.15) is 5.56 Å². The Hall–Kier alpha value is -1.56. The molecule has 1 aromatic rings. The van der Waals surface area contributed by atoms with Gasteiger partial charge in [-0.2, -0.15) is 0 Å². The number of pyridine rings is 1. The molecule has 0 radical (unpaired) electrons. The highest BCUT2D eigenvalue weighted by atomic mass is 16.4. The summed E-state index contributed by atoms with van der Waals surface area (Å²) in [5.74, 6) is 0. The van der Waals surface area contributed by atoms with Crippen molar-refractivity contribution in [3.63, 3.8) is 0 Å². The minimum Gasteiger partial charge on any atom is -0.498 e. The van der Waals surface area contributed by atoms with E-state index in [9.17, 15) is 5.21 Å². The summed E-state index contributed by atoms with van der Waals surface area (Å²) in [5.41, 5.74) is 0.653. The number of aromatic nitrogens is 1. The fourth-order valence-corrected chi connectivity index (χ4v) is 0.479. The molecule has 0 saturated heterocycles. The monoisotopic (exact) mass is 120 g/mol. The van der Waals surface area contributed by atoms with Crippen LogP contribution in [0.2, 0.25) is 0 Å². The zero-order chi connectivity index (χ0) is 6.53. The largest absolute Gasteiger partial charge is 0.498 e. The maximum Gasteiger partial charge on any atom is 0.336 e. The van der Waals surface area contributed by atoms with Gasteiger partial charge in [-0.05, 0) is 12.1 Å². The van der Waals surface area contributed by atoms with Crippen LogP contribution in [0.15, 0.2) is 24.5 Å². The normalized spacial score (nSPS) is 7.56. The van der Waals surface area contributed by atoms with Crippen LogP contribution in [0, 0.1) is 11.3 Å². The molecule has 0 unspecified atom stereocenters. The van der Waals surface area contributed by atoms with Crippen LogP contribution in [0.3, 0.4) is 0 Å². The SMILES string of the molecule is [O-][N+]#Cc1ccncc1. The van der Waals surface area contributed by atoms with Gasteiger partial charge in [0.15, 0.2) is 0 Å². The van der Waals surface area contributed by atoms with Crippen molar-refractivity contribution in [1.82, 2.24) is 4.98 Å². The van der Waals surface area contributed by atoms with E-state index in [1.807, 2.05) is 0 Å². The summed E-state index contributed by atoms with van der Waals surface area (Å²) >= 11 is 0. The third kappa shape index (κ3) is 1.42. The van der Waals surface area contributed by atoms with Gasteiger partial charge in [0, 0.05) is 17.4 Å². The summed E-state index contributed by atoms with van der Waals surface area (Å²) in [4.78, 5) is 3.74. The molecule has 1 rings (SSSR count). The molecule has 0 bridgehead atoms. The molecule has 0 aliphatic rings. The van der Waals surface area contributed by atoms with Gasteiger partial charge in [0.2, 0.25) is 0 Å². The Balaban J connectivity index is 2.94. The minimum absolute atomic E-state index is 0.653. The van der Waals surface area contributed by atoms with Crippen LogP contribution in [0.4, 0.5) is 0 Å². The van der Waals surface area contributed by atoms with Crippen LogP contribution >= 0.6 is 0 Å². The number of hydrogen-bond donors (Lipinski definition) is 0. The number of hydrogen-bond acceptors (Lipinski definition) is 2. The lowest BCUT2D eigenvalue weighted by molar-refractivity contribution is 1.32. The predicted molar refractivity (Wildman–Crippen MR) is 34.0 cm³/mol. The second kappa shape index (κ2) is 2.68. The van der Waals surface area contributed by atoms with Crippen molar-refractivity contribution >= 4 is 0 Å². The van der Waals surface area contributed by atoms with Gasteiger partial charge in [-0.3, -0.25) is 4.98 Å². The Morgan fingerprint density at radius 3 is 2.67 bits per heavy atom. The van der Waals surface area contributed by atoms with E-state index < -0.39 is 0 Å². The van der Waals surface area contributed by atoms with Crippen LogP contribution in [0.25, 0.3) is 5.01 Å². The van der Waals surface area contributed by atoms with Crippen molar-refractivity contribution in [2.45, 2.75) is 0 Å². The summed E-state index contributed by atoms with van der Waals surface area (Å²) in [6, 6.07) is 5.55. The predicted octanol–water partition coefficient (Wildman–Crippen LogP) is 1.26. The Labute approximate surface area is 52.4 Å². The molecule has 9 heavy (non-hydrogen) atoms. The third-order valence-electron chi connectivity index (χ3n) is 0.855. The van der Waals surface area contributed by atoms with E-state index >= 15 is 0 Å². The van der Waals surface area contributed by atoms with Crippen molar-refractivity contribution in [3.8, 4) is 6.07 Å². The third-order valence-corrected chi connectivity index (χ3v) is 0.855. The lowest BCUT2D eigenvalue weighted by Gasteiger charge is -1.77. The molecule has 0 aromatic carbocycles. The average Bonchev–Trinajstić information content (AvgIpc) is 1.91. The van der Waals surface area contributed by atoms with Crippen LogP contribution in [-0.2, 0) is 0 Å². The highest BCUT2D eigenvalue weighted by molar-refractivity contribution is 5.28. The molecule has 1 heterocycles. The van der Waals surface area contributed by atoms with E-state index in [-0.39, 0.29) is 0 Å². The summed E-state index contributed by atoms with van der Waals surface area (Å²) in [7, 11) is 0. The van der Waals surface area contributed by atoms with Crippen LogP contribution < -0.4 is 0 Å². The molecule has 0 aliphatic carbocycles. The Bertz CT molecular complexity index is 234. The maximum atomic E-state index is 9.59. The molecule has 0 spiro atoms. The van der Waals surface area contributed by atoms with Gasteiger partial charge < -0.3 is 5.21 Å². The second-order valence-electron chi connectivity index (χ2n) is 1.44. The zero-order valence-corrected chi connectivity index (χ0v) is 4.61. The number of rotatable bonds is 0. The molecular formula is C6H4N2O. The molecule has 0 atom stereocenters. The Morgan fingerprint density at radius 2 is 2.11 bits per heavy atom. The minimum atomic E-state index is 0.653. The smallest absolute Gasteiger partial charge is 0.336 e. The molecule has 0 aliphatic heterocycles. The van der Waals surface area contributed by atoms with Crippen molar-refractivity contribution < 1.29 is 0 Å². The first-order chi connectivity index (χ1) is 4.43. The quantitative estimate of drug-likeness (QED) is 0.483. The molecular weight excluding hydrogens is 116 g/mol. The van der Waals surface area contributed by atoms with E-state index in [1.165, 1.54) is 0 Å². The Kier molecular flexibility index (Phi) is 1.66. The number of nitrogens with zero attached hydrogens (tertiary/aromatic N) is 2. The summed E-state index contributed by atoms with van der Waals surface area (Å²) < 4.78 is 0. The van der Waals surface area contributed by atoms with Gasteiger partial charge in [0.05, 0.1) is 0 Å². The molecule has 3 heteroatoms. The van der Waals surface area contributed by atoms with Gasteiger partial charge in [-0.1, -0.05) is 0 Å². The molecule has 3 nitrogen and oxygen atoms in total. The summed E-state index contributed by atoms with van der Waals surface area (Å²) in [5, 5.41) is 12.1. The first kappa shape index (κ1) is 5.57. The van der Waals surface area contributed by atoms with Crippen LogP contribution in [0.5, 0.6) is 0 Å². The average molecular weight is 120 g/mol. The van der Waals surface area contributed by atoms with Crippen molar-refractivity contribution in [3.05, 3.63) is 40.3 Å². The molecule has 0 amide bonds. The maximum absolute atomic E-state index is 9.59. The lowest BCUT2D eigenvalue weighted by atomic mass is 10.3. The molecule has 0 N–H and O–H groups in total. The van der Waals surface area contributed by atoms with Crippen molar-refractivity contribution in [1.29, 1.82) is 0 Å². The topological polar surface area (TPSA) is 40.3 Å². The standard InChI is InChI=1S/C6H4N2O/c9-8-5-6-1-3-7-4-2-6/h1-4H. The zero-order valence-electron chi connectivity index (χ0n) is 4.61. The molecule has 1 aromatic heterocycles.